The zero-order valence-corrected chi connectivity index (χ0v) is 19.7. The molecule has 0 saturated heterocycles. The highest BCUT2D eigenvalue weighted by atomic mass is 127. The van der Waals surface area contributed by atoms with Crippen LogP contribution in [0.2, 0.25) is 0 Å². The zero-order chi connectivity index (χ0) is 17.9. The van der Waals surface area contributed by atoms with Crippen LogP contribution in [0.1, 0.15) is 60.2 Å². The van der Waals surface area contributed by atoms with Gasteiger partial charge in [-0.2, -0.15) is 0 Å². The van der Waals surface area contributed by atoms with E-state index in [2.05, 4.69) is 129 Å². The highest BCUT2D eigenvalue weighted by Gasteiger charge is 2.57. The first-order valence-electron chi connectivity index (χ1n) is 8.54. The molecule has 0 radical (unpaired) electrons. The monoisotopic (exact) mass is 544 g/mol. The molecule has 0 amide bonds. The van der Waals surface area contributed by atoms with Gasteiger partial charge in [0.2, 0.25) is 0 Å². The Morgan fingerprint density at radius 3 is 1.83 bits per heavy atom. The quantitative estimate of drug-likeness (QED) is 0.253. The number of halogens is 2. The van der Waals surface area contributed by atoms with Crippen LogP contribution < -0.4 is 0 Å². The first kappa shape index (κ1) is 18.7. The maximum Gasteiger partial charge on any atom is 0.0875 e. The van der Waals surface area contributed by atoms with E-state index in [1.165, 1.54) is 27.8 Å². The molecule has 0 atom stereocenters. The van der Waals surface area contributed by atoms with Gasteiger partial charge in [-0.15, -0.1) is 0 Å². The molecule has 0 bridgehead atoms. The van der Waals surface area contributed by atoms with Crippen LogP contribution in [0.25, 0.3) is 11.1 Å². The van der Waals surface area contributed by atoms with Gasteiger partial charge in [-0.05, 0) is 38.6 Å². The van der Waals surface area contributed by atoms with Crippen LogP contribution in [-0.4, -0.2) is 0 Å². The number of hydrogen-bond acceptors (Lipinski definition) is 0. The Morgan fingerprint density at radius 1 is 0.750 bits per heavy atom. The average molecular weight is 544 g/mol. The van der Waals surface area contributed by atoms with E-state index in [-0.39, 0.29) is 16.2 Å². The Bertz CT molecular complexity index is 759. The summed E-state index contributed by atoms with van der Waals surface area (Å²) in [6, 6.07) is 16.2. The molecule has 128 valence electrons. The third-order valence-electron chi connectivity index (χ3n) is 5.57. The number of alkyl halides is 2. The topological polar surface area (TPSA) is 0 Å². The minimum atomic E-state index is 0.00407. The largest absolute Gasteiger partial charge is 0.0875 e. The molecule has 0 fully saturated rings. The fourth-order valence-corrected chi connectivity index (χ4v) is 5.95. The molecule has 1 aliphatic carbocycles. The Morgan fingerprint density at radius 2 is 1.29 bits per heavy atom. The lowest BCUT2D eigenvalue weighted by molar-refractivity contribution is 0.0950. The van der Waals surface area contributed by atoms with Crippen LogP contribution in [0.5, 0.6) is 0 Å². The van der Waals surface area contributed by atoms with Crippen LogP contribution in [0.15, 0.2) is 42.5 Å². The van der Waals surface area contributed by atoms with Crippen molar-refractivity contribution in [2.24, 2.45) is 10.8 Å². The average Bonchev–Trinajstić information content (AvgIpc) is 2.76. The van der Waals surface area contributed by atoms with Crippen LogP contribution in [0.3, 0.4) is 0 Å². The fraction of sp³-hybridized carbons (Fsp3) is 0.455. The van der Waals surface area contributed by atoms with Gasteiger partial charge in [0.05, 0.1) is 1.93 Å². The molecule has 0 spiro atoms. The maximum atomic E-state index is 2.51. The maximum absolute atomic E-state index is 2.51. The van der Waals surface area contributed by atoms with Crippen molar-refractivity contribution in [1.82, 2.24) is 0 Å². The standard InChI is InChI=1S/C22H26I2/c1-20(2,3)22(21(4,5)6)17-10-8-7-9-15(17)16-12-11-14(19(23)24)13-18(16)22/h7-13,19H,1-6H3. The van der Waals surface area contributed by atoms with E-state index in [1.807, 2.05) is 0 Å². The summed E-state index contributed by atoms with van der Waals surface area (Å²) >= 11 is 5.03. The molecule has 24 heavy (non-hydrogen) atoms. The summed E-state index contributed by atoms with van der Waals surface area (Å²) in [6.07, 6.45) is 0. The highest BCUT2D eigenvalue weighted by Crippen LogP contribution is 2.64. The Hall–Kier alpha value is -0.1000. The summed E-state index contributed by atoms with van der Waals surface area (Å²) in [5.41, 5.74) is 7.52. The number of rotatable bonds is 1. The molecule has 0 aliphatic heterocycles. The normalized spacial score (nSPS) is 16.2. The summed E-state index contributed by atoms with van der Waals surface area (Å²) in [6.45, 7) is 14.4. The van der Waals surface area contributed by atoms with Gasteiger partial charge < -0.3 is 0 Å². The van der Waals surface area contributed by atoms with Gasteiger partial charge in [0.15, 0.2) is 0 Å². The molecule has 0 N–H and O–H groups in total. The minimum Gasteiger partial charge on any atom is -0.0657 e. The lowest BCUT2D eigenvalue weighted by Gasteiger charge is -2.53. The van der Waals surface area contributed by atoms with Crippen molar-refractivity contribution in [2.45, 2.75) is 48.9 Å². The summed E-state index contributed by atoms with van der Waals surface area (Å²) in [5.74, 6) is 0. The van der Waals surface area contributed by atoms with Gasteiger partial charge in [-0.3, -0.25) is 0 Å². The molecule has 2 heteroatoms. The smallest absolute Gasteiger partial charge is 0.0657 e. The van der Waals surface area contributed by atoms with Crippen molar-refractivity contribution in [1.29, 1.82) is 0 Å². The molecule has 0 saturated carbocycles. The predicted octanol–water partition coefficient (Wildman–Crippen LogP) is 7.91. The molecule has 3 rings (SSSR count). The van der Waals surface area contributed by atoms with Crippen LogP contribution in [-0.2, 0) is 5.41 Å². The molecule has 2 aromatic carbocycles. The van der Waals surface area contributed by atoms with Crippen molar-refractivity contribution in [3.05, 3.63) is 59.2 Å². The van der Waals surface area contributed by atoms with E-state index in [1.54, 1.807) is 0 Å². The fourth-order valence-electron chi connectivity index (χ4n) is 5.17. The van der Waals surface area contributed by atoms with Crippen molar-refractivity contribution in [3.63, 3.8) is 0 Å². The molecular formula is C22H26I2. The van der Waals surface area contributed by atoms with Gasteiger partial charge in [0.1, 0.15) is 0 Å². The lowest BCUT2D eigenvalue weighted by Crippen LogP contribution is -2.49. The van der Waals surface area contributed by atoms with Gasteiger partial charge >= 0.3 is 0 Å². The van der Waals surface area contributed by atoms with E-state index in [0.717, 1.165) is 0 Å². The van der Waals surface area contributed by atoms with E-state index in [9.17, 15) is 0 Å². The van der Waals surface area contributed by atoms with Gasteiger partial charge in [-0.25, -0.2) is 0 Å². The van der Waals surface area contributed by atoms with Crippen molar-refractivity contribution < 1.29 is 0 Å². The second kappa shape index (κ2) is 5.97. The third kappa shape index (κ3) is 2.50. The lowest BCUT2D eigenvalue weighted by atomic mass is 9.50. The van der Waals surface area contributed by atoms with Crippen LogP contribution >= 0.6 is 45.2 Å². The highest BCUT2D eigenvalue weighted by molar-refractivity contribution is 14.2. The molecule has 1 aliphatic rings. The number of benzene rings is 2. The second-order valence-corrected chi connectivity index (χ2v) is 13.8. The SMILES string of the molecule is CC(C)(C)C1(C(C)(C)C)c2ccccc2-c2ccc(C(I)I)cc21. The molecule has 0 heterocycles. The number of fused-ring (bicyclic) bond motifs is 3. The molecule has 0 aromatic heterocycles. The zero-order valence-electron chi connectivity index (χ0n) is 15.4. The van der Waals surface area contributed by atoms with E-state index in [0.29, 0.717) is 1.93 Å². The van der Waals surface area contributed by atoms with Gasteiger partial charge in [0, 0.05) is 5.41 Å². The third-order valence-corrected chi connectivity index (χ3v) is 7.01. The summed E-state index contributed by atoms with van der Waals surface area (Å²) in [5, 5.41) is 0. The Labute approximate surface area is 174 Å². The van der Waals surface area contributed by atoms with E-state index < -0.39 is 0 Å². The minimum absolute atomic E-state index is 0.00407. The summed E-state index contributed by atoms with van der Waals surface area (Å²) in [4.78, 5) is 0. The van der Waals surface area contributed by atoms with Gasteiger partial charge in [-0.1, -0.05) is 129 Å². The second-order valence-electron chi connectivity index (χ2n) is 8.90. The van der Waals surface area contributed by atoms with Crippen LogP contribution in [0, 0.1) is 10.8 Å². The number of hydrogen-bond donors (Lipinski definition) is 0. The van der Waals surface area contributed by atoms with E-state index >= 15 is 0 Å². The van der Waals surface area contributed by atoms with Crippen LogP contribution in [0.4, 0.5) is 0 Å². The van der Waals surface area contributed by atoms with E-state index in [4.69, 9.17) is 0 Å². The Balaban J connectivity index is 2.48. The molecule has 0 nitrogen and oxygen atoms in total. The summed E-state index contributed by atoms with van der Waals surface area (Å²) < 4.78 is 0.492. The first-order chi connectivity index (χ1) is 11.0. The molecular weight excluding hydrogens is 518 g/mol. The summed E-state index contributed by atoms with van der Waals surface area (Å²) in [7, 11) is 0. The van der Waals surface area contributed by atoms with Crippen molar-refractivity contribution >= 4 is 45.2 Å². The Kier molecular flexibility index (Phi) is 4.65. The van der Waals surface area contributed by atoms with Crippen molar-refractivity contribution in [3.8, 4) is 11.1 Å². The van der Waals surface area contributed by atoms with Crippen molar-refractivity contribution in [2.75, 3.05) is 0 Å². The predicted molar refractivity (Wildman–Crippen MR) is 122 cm³/mol. The first-order valence-corrected chi connectivity index (χ1v) is 11.0. The molecule has 2 aromatic rings. The van der Waals surface area contributed by atoms with Gasteiger partial charge in [0.25, 0.3) is 0 Å². The molecule has 0 unspecified atom stereocenters.